The highest BCUT2D eigenvalue weighted by molar-refractivity contribution is 5.92. The predicted molar refractivity (Wildman–Crippen MR) is 81.3 cm³/mol. The highest BCUT2D eigenvalue weighted by atomic mass is 19.4. The minimum absolute atomic E-state index is 0.221. The van der Waals surface area contributed by atoms with Crippen molar-refractivity contribution in [2.45, 2.75) is 26.6 Å². The first-order chi connectivity index (χ1) is 11.1. The summed E-state index contributed by atoms with van der Waals surface area (Å²) in [6.45, 7) is 2.48. The van der Waals surface area contributed by atoms with E-state index in [1.54, 1.807) is 24.3 Å². The van der Waals surface area contributed by atoms with E-state index in [0.717, 1.165) is 10.7 Å². The third kappa shape index (κ3) is 4.58. The van der Waals surface area contributed by atoms with E-state index in [9.17, 15) is 22.8 Å². The number of benzene rings is 1. The van der Waals surface area contributed by atoms with Gasteiger partial charge in [0, 0.05) is 24.0 Å². The van der Waals surface area contributed by atoms with Crippen molar-refractivity contribution in [2.24, 2.45) is 0 Å². The summed E-state index contributed by atoms with van der Waals surface area (Å²) in [5, 5.41) is 8.52. The summed E-state index contributed by atoms with van der Waals surface area (Å²) in [7, 11) is 0. The number of hydrogen-bond acceptors (Lipinski definition) is 3. The number of anilines is 2. The molecule has 1 aromatic carbocycles. The average molecular weight is 340 g/mol. The van der Waals surface area contributed by atoms with E-state index >= 15 is 0 Å². The molecule has 0 aliphatic rings. The van der Waals surface area contributed by atoms with Crippen molar-refractivity contribution in [1.82, 2.24) is 9.78 Å². The summed E-state index contributed by atoms with van der Waals surface area (Å²) in [4.78, 5) is 22.8. The van der Waals surface area contributed by atoms with E-state index in [4.69, 9.17) is 0 Å². The highest BCUT2D eigenvalue weighted by Gasteiger charge is 2.34. The van der Waals surface area contributed by atoms with Crippen molar-refractivity contribution < 1.29 is 22.8 Å². The van der Waals surface area contributed by atoms with E-state index < -0.39 is 17.8 Å². The van der Waals surface area contributed by atoms with Gasteiger partial charge in [-0.25, -0.2) is 0 Å². The lowest BCUT2D eigenvalue weighted by molar-refractivity contribution is -0.141. The van der Waals surface area contributed by atoms with E-state index in [1.165, 1.54) is 13.8 Å². The number of aromatic nitrogens is 2. The van der Waals surface area contributed by atoms with Gasteiger partial charge < -0.3 is 10.6 Å². The average Bonchev–Trinajstić information content (AvgIpc) is 2.82. The number of carbonyl (C=O) groups is 2. The summed E-state index contributed by atoms with van der Waals surface area (Å²) in [6.07, 6.45) is -4.55. The number of hydrogen-bond donors (Lipinski definition) is 2. The molecule has 0 radical (unpaired) electrons. The molecule has 2 amide bonds. The molecule has 2 aromatic rings. The van der Waals surface area contributed by atoms with Crippen LogP contribution in [0.4, 0.5) is 24.5 Å². The minimum Gasteiger partial charge on any atom is -0.326 e. The first kappa shape index (κ1) is 17.5. The van der Waals surface area contributed by atoms with Crippen LogP contribution in [0, 0.1) is 6.92 Å². The zero-order chi connectivity index (χ0) is 17.9. The molecular formula is C15H15F3N4O2. The van der Waals surface area contributed by atoms with Crippen LogP contribution in [0.25, 0.3) is 0 Å². The number of aryl methyl sites for hydroxylation is 1. The van der Waals surface area contributed by atoms with Gasteiger partial charge in [0.05, 0.1) is 0 Å². The fraction of sp³-hybridized carbons (Fsp3) is 0.267. The van der Waals surface area contributed by atoms with Crippen LogP contribution in [0.1, 0.15) is 18.3 Å². The normalized spacial score (nSPS) is 11.2. The molecule has 1 heterocycles. The van der Waals surface area contributed by atoms with Crippen LogP contribution in [-0.4, -0.2) is 21.6 Å². The van der Waals surface area contributed by atoms with Crippen molar-refractivity contribution in [3.05, 3.63) is 41.7 Å². The number of halogens is 3. The third-order valence-corrected chi connectivity index (χ3v) is 3.05. The quantitative estimate of drug-likeness (QED) is 0.899. The second-order valence-corrected chi connectivity index (χ2v) is 5.13. The van der Waals surface area contributed by atoms with Crippen LogP contribution in [-0.2, 0) is 22.3 Å². The van der Waals surface area contributed by atoms with Gasteiger partial charge in [-0.05, 0) is 37.3 Å². The fourth-order valence-corrected chi connectivity index (χ4v) is 1.99. The van der Waals surface area contributed by atoms with E-state index in [-0.39, 0.29) is 18.1 Å². The molecule has 0 spiro atoms. The Kier molecular flexibility index (Phi) is 4.91. The first-order valence-electron chi connectivity index (χ1n) is 6.94. The Morgan fingerprint density at radius 2 is 1.67 bits per heavy atom. The van der Waals surface area contributed by atoms with Gasteiger partial charge in [-0.15, -0.1) is 0 Å². The van der Waals surface area contributed by atoms with Crippen LogP contribution in [0.15, 0.2) is 30.3 Å². The van der Waals surface area contributed by atoms with Crippen molar-refractivity contribution in [2.75, 3.05) is 10.6 Å². The van der Waals surface area contributed by atoms with E-state index in [0.29, 0.717) is 11.4 Å². The molecule has 9 heteroatoms. The number of alkyl halides is 3. The van der Waals surface area contributed by atoms with Gasteiger partial charge in [-0.3, -0.25) is 14.3 Å². The lowest BCUT2D eigenvalue weighted by atomic mass is 10.2. The van der Waals surface area contributed by atoms with Gasteiger partial charge in [0.1, 0.15) is 6.54 Å². The maximum Gasteiger partial charge on any atom is 0.435 e. The molecule has 128 valence electrons. The Bertz CT molecular complexity index is 751. The molecule has 6 nitrogen and oxygen atoms in total. The topological polar surface area (TPSA) is 76.0 Å². The lowest BCUT2D eigenvalue weighted by Crippen LogP contribution is -2.20. The van der Waals surface area contributed by atoms with Crippen molar-refractivity contribution in [3.8, 4) is 0 Å². The standard InChI is InChI=1S/C15H15F3N4O2/c1-9-7-13(15(16,17)18)21-22(9)8-14(24)20-12-5-3-11(4-6-12)19-10(2)23/h3-7H,8H2,1-2H3,(H,19,23)(H,20,24). The number of nitrogens with one attached hydrogen (secondary N) is 2. The number of rotatable bonds is 4. The molecule has 0 unspecified atom stereocenters. The smallest absolute Gasteiger partial charge is 0.326 e. The Morgan fingerprint density at radius 1 is 1.12 bits per heavy atom. The molecule has 0 saturated heterocycles. The molecule has 0 aliphatic carbocycles. The molecule has 0 atom stereocenters. The zero-order valence-electron chi connectivity index (χ0n) is 12.9. The second kappa shape index (κ2) is 6.73. The maximum absolute atomic E-state index is 12.6. The van der Waals surface area contributed by atoms with Crippen LogP contribution in [0.5, 0.6) is 0 Å². The number of nitrogens with zero attached hydrogens (tertiary/aromatic N) is 2. The zero-order valence-corrected chi connectivity index (χ0v) is 12.9. The van der Waals surface area contributed by atoms with Gasteiger partial charge in [-0.2, -0.15) is 18.3 Å². The lowest BCUT2D eigenvalue weighted by Gasteiger charge is -2.08. The summed E-state index contributed by atoms with van der Waals surface area (Å²) in [5.41, 5.74) is 0.221. The molecule has 0 saturated carbocycles. The van der Waals surface area contributed by atoms with Crippen LogP contribution >= 0.6 is 0 Å². The third-order valence-electron chi connectivity index (χ3n) is 3.05. The minimum atomic E-state index is -4.55. The van der Waals surface area contributed by atoms with Crippen molar-refractivity contribution in [1.29, 1.82) is 0 Å². The fourth-order valence-electron chi connectivity index (χ4n) is 1.99. The van der Waals surface area contributed by atoms with Gasteiger partial charge in [0.15, 0.2) is 5.69 Å². The summed E-state index contributed by atoms with van der Waals surface area (Å²) >= 11 is 0. The molecule has 24 heavy (non-hydrogen) atoms. The molecule has 2 rings (SSSR count). The van der Waals surface area contributed by atoms with E-state index in [1.807, 2.05) is 0 Å². The summed E-state index contributed by atoms with van der Waals surface area (Å²) in [6, 6.07) is 7.21. The molecule has 0 fully saturated rings. The second-order valence-electron chi connectivity index (χ2n) is 5.13. The predicted octanol–water partition coefficient (Wildman–Crippen LogP) is 2.81. The monoisotopic (exact) mass is 340 g/mol. The molecular weight excluding hydrogens is 325 g/mol. The van der Waals surface area contributed by atoms with Gasteiger partial charge in [0.25, 0.3) is 0 Å². The molecule has 1 aromatic heterocycles. The molecule has 0 aliphatic heterocycles. The Morgan fingerprint density at radius 3 is 2.12 bits per heavy atom. The SMILES string of the molecule is CC(=O)Nc1ccc(NC(=O)Cn2nc(C(F)(F)F)cc2C)cc1. The Hall–Kier alpha value is -2.84. The van der Waals surface area contributed by atoms with Crippen molar-refractivity contribution in [3.63, 3.8) is 0 Å². The largest absolute Gasteiger partial charge is 0.435 e. The van der Waals surface area contributed by atoms with Gasteiger partial charge >= 0.3 is 6.18 Å². The number of amides is 2. The van der Waals surface area contributed by atoms with Crippen LogP contribution in [0.2, 0.25) is 0 Å². The van der Waals surface area contributed by atoms with E-state index in [2.05, 4.69) is 15.7 Å². The van der Waals surface area contributed by atoms with Crippen LogP contribution in [0.3, 0.4) is 0 Å². The Labute approximate surface area is 135 Å². The molecule has 0 bridgehead atoms. The van der Waals surface area contributed by atoms with Crippen LogP contribution < -0.4 is 10.6 Å². The van der Waals surface area contributed by atoms with Crippen molar-refractivity contribution >= 4 is 23.2 Å². The Balaban J connectivity index is 2.01. The first-order valence-corrected chi connectivity index (χ1v) is 6.94. The number of carbonyl (C=O) groups excluding carboxylic acids is 2. The summed E-state index contributed by atoms with van der Waals surface area (Å²) in [5.74, 6) is -0.733. The highest BCUT2D eigenvalue weighted by Crippen LogP contribution is 2.28. The maximum atomic E-state index is 12.6. The van der Waals surface area contributed by atoms with Gasteiger partial charge in [0.2, 0.25) is 11.8 Å². The van der Waals surface area contributed by atoms with Gasteiger partial charge in [-0.1, -0.05) is 0 Å². The summed E-state index contributed by atoms with van der Waals surface area (Å²) < 4.78 is 38.8. The molecule has 2 N–H and O–H groups in total.